The van der Waals surface area contributed by atoms with Crippen LogP contribution >= 0.6 is 0 Å². The van der Waals surface area contributed by atoms with E-state index in [4.69, 9.17) is 5.73 Å². The highest BCUT2D eigenvalue weighted by molar-refractivity contribution is 5.46. The molecular formula is C11H18N4O2. The Morgan fingerprint density at radius 1 is 1.59 bits per heavy atom. The molecule has 0 spiro atoms. The van der Waals surface area contributed by atoms with Crippen molar-refractivity contribution in [1.29, 1.82) is 0 Å². The molecule has 1 rings (SSSR count). The van der Waals surface area contributed by atoms with Crippen LogP contribution < -0.4 is 11.1 Å². The molecular weight excluding hydrogens is 220 g/mol. The van der Waals surface area contributed by atoms with Crippen molar-refractivity contribution in [3.63, 3.8) is 0 Å². The molecule has 6 heteroatoms. The van der Waals surface area contributed by atoms with Crippen LogP contribution in [-0.4, -0.2) is 22.5 Å². The van der Waals surface area contributed by atoms with Gasteiger partial charge in [-0.25, -0.2) is 4.98 Å². The van der Waals surface area contributed by atoms with Crippen molar-refractivity contribution < 1.29 is 4.92 Å². The van der Waals surface area contributed by atoms with Crippen molar-refractivity contribution in [2.45, 2.75) is 26.8 Å². The third-order valence-corrected chi connectivity index (χ3v) is 2.66. The van der Waals surface area contributed by atoms with Gasteiger partial charge in [0.25, 0.3) is 5.69 Å². The summed E-state index contributed by atoms with van der Waals surface area (Å²) < 4.78 is 0. The lowest BCUT2D eigenvalue weighted by atomic mass is 10.1. The number of aromatic nitrogens is 1. The quantitative estimate of drug-likeness (QED) is 0.601. The van der Waals surface area contributed by atoms with Crippen LogP contribution in [0.3, 0.4) is 0 Å². The summed E-state index contributed by atoms with van der Waals surface area (Å²) in [5, 5.41) is 13.7. The van der Waals surface area contributed by atoms with E-state index >= 15 is 0 Å². The van der Waals surface area contributed by atoms with E-state index in [1.54, 1.807) is 13.0 Å². The molecule has 0 bridgehead atoms. The van der Waals surface area contributed by atoms with Crippen LogP contribution in [-0.2, 0) is 0 Å². The molecule has 1 unspecified atom stereocenters. The molecule has 0 aliphatic carbocycles. The number of rotatable bonds is 5. The van der Waals surface area contributed by atoms with Crippen molar-refractivity contribution >= 4 is 11.5 Å². The van der Waals surface area contributed by atoms with Crippen LogP contribution in [0, 0.1) is 23.0 Å². The summed E-state index contributed by atoms with van der Waals surface area (Å²) in [7, 11) is 0. The minimum absolute atomic E-state index is 0.0312. The van der Waals surface area contributed by atoms with Gasteiger partial charge in [-0.3, -0.25) is 10.1 Å². The fraction of sp³-hybridized carbons (Fsp3) is 0.545. The molecule has 1 aromatic rings. The molecule has 94 valence electrons. The predicted octanol–water partition coefficient (Wildman–Crippen LogP) is 1.69. The SMILES string of the molecule is Cc1cc(NCC(N)C(C)C)ncc1[N+](=O)[O-]. The number of hydrogen-bond donors (Lipinski definition) is 2. The zero-order valence-corrected chi connectivity index (χ0v) is 10.3. The Morgan fingerprint density at radius 2 is 2.24 bits per heavy atom. The Morgan fingerprint density at radius 3 is 2.71 bits per heavy atom. The van der Waals surface area contributed by atoms with Gasteiger partial charge in [0.1, 0.15) is 12.0 Å². The first-order chi connectivity index (χ1) is 7.91. The maximum Gasteiger partial charge on any atom is 0.290 e. The molecule has 3 N–H and O–H groups in total. The molecule has 1 heterocycles. The number of hydrogen-bond acceptors (Lipinski definition) is 5. The summed E-state index contributed by atoms with van der Waals surface area (Å²) in [5.74, 6) is 0.992. The van der Waals surface area contributed by atoms with Gasteiger partial charge in [0.15, 0.2) is 0 Å². The summed E-state index contributed by atoms with van der Waals surface area (Å²) in [6.45, 7) is 6.37. The smallest absolute Gasteiger partial charge is 0.290 e. The number of nitrogens with two attached hydrogens (primary N) is 1. The summed E-state index contributed by atoms with van der Waals surface area (Å²) in [5.41, 5.74) is 6.50. The first-order valence-electron chi connectivity index (χ1n) is 5.52. The highest BCUT2D eigenvalue weighted by atomic mass is 16.6. The fourth-order valence-electron chi connectivity index (χ4n) is 1.29. The maximum atomic E-state index is 10.6. The molecule has 0 saturated carbocycles. The van der Waals surface area contributed by atoms with Crippen molar-refractivity contribution in [3.05, 3.63) is 27.9 Å². The Balaban J connectivity index is 2.68. The number of nitrogens with zero attached hydrogens (tertiary/aromatic N) is 2. The summed E-state index contributed by atoms with van der Waals surface area (Å²) in [4.78, 5) is 14.2. The molecule has 17 heavy (non-hydrogen) atoms. The van der Waals surface area contributed by atoms with E-state index < -0.39 is 4.92 Å². The van der Waals surface area contributed by atoms with Crippen LogP contribution in [0.5, 0.6) is 0 Å². The Kier molecular flexibility index (Phi) is 4.39. The molecule has 6 nitrogen and oxygen atoms in total. The zero-order valence-electron chi connectivity index (χ0n) is 10.3. The van der Waals surface area contributed by atoms with Gasteiger partial charge < -0.3 is 11.1 Å². The molecule has 0 aromatic carbocycles. The fourth-order valence-corrected chi connectivity index (χ4v) is 1.29. The standard InChI is InChI=1S/C11H18N4O2/c1-7(2)9(12)5-13-11-4-8(3)10(6-14-11)15(16)17/h4,6-7,9H,5,12H2,1-3H3,(H,13,14). The maximum absolute atomic E-state index is 10.6. The lowest BCUT2D eigenvalue weighted by Crippen LogP contribution is -2.34. The summed E-state index contributed by atoms with van der Waals surface area (Å²) in [6, 6.07) is 1.69. The van der Waals surface area contributed by atoms with Gasteiger partial charge in [-0.15, -0.1) is 0 Å². The van der Waals surface area contributed by atoms with E-state index in [1.165, 1.54) is 6.20 Å². The van der Waals surface area contributed by atoms with Gasteiger partial charge in [0.05, 0.1) is 4.92 Å². The number of nitro groups is 1. The molecule has 0 fully saturated rings. The zero-order chi connectivity index (χ0) is 13.0. The van der Waals surface area contributed by atoms with Crippen LogP contribution in [0.1, 0.15) is 19.4 Å². The highest BCUT2D eigenvalue weighted by Crippen LogP contribution is 2.18. The molecule has 0 saturated heterocycles. The van der Waals surface area contributed by atoms with E-state index in [1.807, 2.05) is 13.8 Å². The van der Waals surface area contributed by atoms with Crippen LogP contribution in [0.4, 0.5) is 11.5 Å². The molecule has 0 radical (unpaired) electrons. The second kappa shape index (κ2) is 5.58. The van der Waals surface area contributed by atoms with Gasteiger partial charge in [0, 0.05) is 18.2 Å². The Hall–Kier alpha value is -1.69. The normalized spacial score (nSPS) is 12.5. The second-order valence-corrected chi connectivity index (χ2v) is 4.40. The minimum Gasteiger partial charge on any atom is -0.368 e. The van der Waals surface area contributed by atoms with E-state index in [-0.39, 0.29) is 11.7 Å². The third kappa shape index (κ3) is 3.67. The molecule has 1 atom stereocenters. The van der Waals surface area contributed by atoms with Gasteiger partial charge >= 0.3 is 0 Å². The summed E-state index contributed by atoms with van der Waals surface area (Å²) in [6.07, 6.45) is 1.26. The number of pyridine rings is 1. The first kappa shape index (κ1) is 13.4. The van der Waals surface area contributed by atoms with E-state index in [2.05, 4.69) is 10.3 Å². The summed E-state index contributed by atoms with van der Waals surface area (Å²) >= 11 is 0. The minimum atomic E-state index is -0.439. The van der Waals surface area contributed by atoms with Gasteiger partial charge in [-0.2, -0.15) is 0 Å². The highest BCUT2D eigenvalue weighted by Gasteiger charge is 2.12. The van der Waals surface area contributed by atoms with Crippen molar-refractivity contribution in [2.24, 2.45) is 11.7 Å². The first-order valence-corrected chi connectivity index (χ1v) is 5.52. The van der Waals surface area contributed by atoms with Crippen molar-refractivity contribution in [2.75, 3.05) is 11.9 Å². The number of nitrogens with one attached hydrogen (secondary N) is 1. The molecule has 0 aliphatic rings. The van der Waals surface area contributed by atoms with Crippen LogP contribution in [0.25, 0.3) is 0 Å². The number of anilines is 1. The van der Waals surface area contributed by atoms with Crippen molar-refractivity contribution in [1.82, 2.24) is 4.98 Å². The van der Waals surface area contributed by atoms with E-state index in [9.17, 15) is 10.1 Å². The van der Waals surface area contributed by atoms with Crippen LogP contribution in [0.15, 0.2) is 12.3 Å². The lowest BCUT2D eigenvalue weighted by Gasteiger charge is -2.16. The second-order valence-electron chi connectivity index (χ2n) is 4.40. The monoisotopic (exact) mass is 238 g/mol. The largest absolute Gasteiger partial charge is 0.368 e. The Labute approximate surface area is 100 Å². The van der Waals surface area contributed by atoms with Gasteiger partial charge in [-0.05, 0) is 18.9 Å². The topological polar surface area (TPSA) is 94.1 Å². The third-order valence-electron chi connectivity index (χ3n) is 2.66. The predicted molar refractivity (Wildman–Crippen MR) is 66.9 cm³/mol. The van der Waals surface area contributed by atoms with Gasteiger partial charge in [-0.1, -0.05) is 13.8 Å². The average molecular weight is 238 g/mol. The van der Waals surface area contributed by atoms with Crippen LogP contribution in [0.2, 0.25) is 0 Å². The van der Waals surface area contributed by atoms with E-state index in [0.29, 0.717) is 23.8 Å². The molecule has 1 aromatic heterocycles. The average Bonchev–Trinajstić information content (AvgIpc) is 2.25. The number of aryl methyl sites for hydroxylation is 1. The van der Waals surface area contributed by atoms with E-state index in [0.717, 1.165) is 0 Å². The van der Waals surface area contributed by atoms with Gasteiger partial charge in [0.2, 0.25) is 0 Å². The molecule has 0 amide bonds. The Bertz CT molecular complexity index is 406. The molecule has 0 aliphatic heterocycles. The lowest BCUT2D eigenvalue weighted by molar-refractivity contribution is -0.385. The van der Waals surface area contributed by atoms with Crippen molar-refractivity contribution in [3.8, 4) is 0 Å².